The first kappa shape index (κ1) is 16.2. The number of hydrogen-bond acceptors (Lipinski definition) is 3. The summed E-state index contributed by atoms with van der Waals surface area (Å²) in [7, 11) is 0. The standard InChI is InChI=1S/C19H22N4O/c1-12(2)21-18(14-6-4-13(3)5-7-14)19(24)22-16-8-9-17-15(10-16)11-20-23-17/h4-12,18,21H,1-3H3,(H,20,23)(H,22,24). The zero-order valence-electron chi connectivity index (χ0n) is 14.1. The van der Waals surface area contributed by atoms with Gasteiger partial charge in [0.1, 0.15) is 6.04 Å². The fraction of sp³-hybridized carbons (Fsp3) is 0.263. The largest absolute Gasteiger partial charge is 0.324 e. The number of carbonyl (C=O) groups excluding carboxylic acids is 1. The van der Waals surface area contributed by atoms with Crippen molar-refractivity contribution in [3.63, 3.8) is 0 Å². The number of nitrogens with one attached hydrogen (secondary N) is 3. The van der Waals surface area contributed by atoms with Crippen LogP contribution in [0.15, 0.2) is 48.7 Å². The number of H-pyrrole nitrogens is 1. The predicted octanol–water partition coefficient (Wildman–Crippen LogP) is 3.55. The zero-order chi connectivity index (χ0) is 17.1. The van der Waals surface area contributed by atoms with Crippen LogP contribution in [0.5, 0.6) is 0 Å². The van der Waals surface area contributed by atoms with E-state index in [2.05, 4.69) is 20.8 Å². The molecule has 5 nitrogen and oxygen atoms in total. The Morgan fingerprint density at radius 1 is 1.12 bits per heavy atom. The van der Waals surface area contributed by atoms with Crippen molar-refractivity contribution in [3.05, 3.63) is 59.8 Å². The highest BCUT2D eigenvalue weighted by molar-refractivity contribution is 5.97. The molecule has 0 aliphatic carbocycles. The Kier molecular flexibility index (Phi) is 4.62. The SMILES string of the molecule is Cc1ccc(C(NC(C)C)C(=O)Nc2ccc3[nH]ncc3c2)cc1. The Balaban J connectivity index is 1.83. The summed E-state index contributed by atoms with van der Waals surface area (Å²) < 4.78 is 0. The van der Waals surface area contributed by atoms with E-state index in [9.17, 15) is 4.79 Å². The summed E-state index contributed by atoms with van der Waals surface area (Å²) in [5, 5.41) is 14.2. The van der Waals surface area contributed by atoms with Crippen molar-refractivity contribution >= 4 is 22.5 Å². The summed E-state index contributed by atoms with van der Waals surface area (Å²) in [5.74, 6) is -0.0737. The maximum atomic E-state index is 12.8. The molecule has 1 aromatic heterocycles. The van der Waals surface area contributed by atoms with Gasteiger partial charge >= 0.3 is 0 Å². The first-order chi connectivity index (χ1) is 11.5. The Morgan fingerprint density at radius 3 is 2.58 bits per heavy atom. The molecule has 0 fully saturated rings. The molecule has 0 saturated heterocycles. The van der Waals surface area contributed by atoms with E-state index in [0.29, 0.717) is 0 Å². The molecule has 3 aromatic rings. The number of rotatable bonds is 5. The number of anilines is 1. The summed E-state index contributed by atoms with van der Waals surface area (Å²) in [6, 6.07) is 13.5. The van der Waals surface area contributed by atoms with Crippen molar-refractivity contribution < 1.29 is 4.79 Å². The number of amides is 1. The Hall–Kier alpha value is -2.66. The van der Waals surface area contributed by atoms with E-state index in [1.54, 1.807) is 6.20 Å². The molecule has 2 aromatic carbocycles. The minimum atomic E-state index is -0.398. The molecule has 1 heterocycles. The summed E-state index contributed by atoms with van der Waals surface area (Å²) in [5.41, 5.74) is 3.84. The quantitative estimate of drug-likeness (QED) is 0.673. The second-order valence-corrected chi connectivity index (χ2v) is 6.33. The number of aromatic nitrogens is 2. The van der Waals surface area contributed by atoms with Crippen LogP contribution in [0.25, 0.3) is 10.9 Å². The summed E-state index contributed by atoms with van der Waals surface area (Å²) in [6.07, 6.45) is 1.74. The van der Waals surface area contributed by atoms with Gasteiger partial charge in [-0.1, -0.05) is 29.8 Å². The molecule has 0 aliphatic heterocycles. The lowest BCUT2D eigenvalue weighted by atomic mass is 10.0. The van der Waals surface area contributed by atoms with Gasteiger partial charge in [-0.25, -0.2) is 0 Å². The maximum absolute atomic E-state index is 12.8. The van der Waals surface area contributed by atoms with Crippen molar-refractivity contribution in [2.75, 3.05) is 5.32 Å². The third-order valence-electron chi connectivity index (χ3n) is 3.88. The molecule has 0 bridgehead atoms. The van der Waals surface area contributed by atoms with Crippen molar-refractivity contribution in [2.24, 2.45) is 0 Å². The van der Waals surface area contributed by atoms with Crippen LogP contribution in [-0.4, -0.2) is 22.1 Å². The Bertz CT molecular complexity index is 836. The lowest BCUT2D eigenvalue weighted by Crippen LogP contribution is -2.36. The summed E-state index contributed by atoms with van der Waals surface area (Å²) in [4.78, 5) is 12.8. The average Bonchev–Trinajstić information content (AvgIpc) is 3.01. The van der Waals surface area contributed by atoms with Gasteiger partial charge in [0.05, 0.1) is 11.7 Å². The molecular formula is C19H22N4O. The minimum Gasteiger partial charge on any atom is -0.324 e. The third kappa shape index (κ3) is 3.63. The van der Waals surface area contributed by atoms with E-state index in [-0.39, 0.29) is 11.9 Å². The second-order valence-electron chi connectivity index (χ2n) is 6.33. The van der Waals surface area contributed by atoms with Gasteiger partial charge in [0.15, 0.2) is 0 Å². The average molecular weight is 322 g/mol. The van der Waals surface area contributed by atoms with E-state index in [1.807, 2.05) is 63.2 Å². The van der Waals surface area contributed by atoms with E-state index < -0.39 is 6.04 Å². The molecule has 124 valence electrons. The molecule has 0 radical (unpaired) electrons. The van der Waals surface area contributed by atoms with Crippen LogP contribution < -0.4 is 10.6 Å². The molecular weight excluding hydrogens is 300 g/mol. The molecule has 1 atom stereocenters. The highest BCUT2D eigenvalue weighted by Crippen LogP contribution is 2.20. The van der Waals surface area contributed by atoms with Crippen LogP contribution in [0.2, 0.25) is 0 Å². The second kappa shape index (κ2) is 6.84. The van der Waals surface area contributed by atoms with Crippen LogP contribution in [-0.2, 0) is 4.79 Å². The normalized spacial score (nSPS) is 12.5. The lowest BCUT2D eigenvalue weighted by molar-refractivity contribution is -0.118. The molecule has 1 amide bonds. The van der Waals surface area contributed by atoms with Crippen molar-refractivity contribution in [1.29, 1.82) is 0 Å². The van der Waals surface area contributed by atoms with E-state index >= 15 is 0 Å². The van der Waals surface area contributed by atoms with E-state index in [1.165, 1.54) is 5.56 Å². The van der Waals surface area contributed by atoms with Crippen LogP contribution in [0, 0.1) is 6.92 Å². The van der Waals surface area contributed by atoms with E-state index in [4.69, 9.17) is 0 Å². The topological polar surface area (TPSA) is 69.8 Å². The molecule has 3 N–H and O–H groups in total. The maximum Gasteiger partial charge on any atom is 0.246 e. The predicted molar refractivity (Wildman–Crippen MR) is 96.9 cm³/mol. The summed E-state index contributed by atoms with van der Waals surface area (Å²) >= 11 is 0. The van der Waals surface area contributed by atoms with Crippen molar-refractivity contribution in [2.45, 2.75) is 32.9 Å². The number of aryl methyl sites for hydroxylation is 1. The highest BCUT2D eigenvalue weighted by Gasteiger charge is 2.21. The van der Waals surface area contributed by atoms with Gasteiger partial charge in [0, 0.05) is 17.1 Å². The third-order valence-corrected chi connectivity index (χ3v) is 3.88. The Morgan fingerprint density at radius 2 is 1.88 bits per heavy atom. The molecule has 3 rings (SSSR count). The van der Waals surface area contributed by atoms with Crippen molar-refractivity contribution in [3.8, 4) is 0 Å². The zero-order valence-corrected chi connectivity index (χ0v) is 14.1. The monoisotopic (exact) mass is 322 g/mol. The number of aromatic amines is 1. The van der Waals surface area contributed by atoms with Crippen LogP contribution in [0.4, 0.5) is 5.69 Å². The smallest absolute Gasteiger partial charge is 0.246 e. The van der Waals surface area contributed by atoms with Gasteiger partial charge in [-0.05, 0) is 44.5 Å². The van der Waals surface area contributed by atoms with Gasteiger partial charge in [0.25, 0.3) is 0 Å². The Labute approximate surface area is 141 Å². The molecule has 0 spiro atoms. The van der Waals surface area contributed by atoms with Gasteiger partial charge in [-0.2, -0.15) is 5.10 Å². The molecule has 5 heteroatoms. The van der Waals surface area contributed by atoms with Gasteiger partial charge in [-0.3, -0.25) is 15.2 Å². The van der Waals surface area contributed by atoms with Gasteiger partial charge in [-0.15, -0.1) is 0 Å². The fourth-order valence-electron chi connectivity index (χ4n) is 2.65. The molecule has 0 aliphatic rings. The summed E-state index contributed by atoms with van der Waals surface area (Å²) in [6.45, 7) is 6.10. The first-order valence-corrected chi connectivity index (χ1v) is 8.09. The molecule has 24 heavy (non-hydrogen) atoms. The van der Waals surface area contributed by atoms with Crippen molar-refractivity contribution in [1.82, 2.24) is 15.5 Å². The number of carbonyl (C=O) groups is 1. The number of nitrogens with zero attached hydrogens (tertiary/aromatic N) is 1. The molecule has 1 unspecified atom stereocenters. The number of benzene rings is 2. The minimum absolute atomic E-state index is 0.0737. The molecule has 0 saturated carbocycles. The van der Waals surface area contributed by atoms with Crippen LogP contribution >= 0.6 is 0 Å². The van der Waals surface area contributed by atoms with Crippen LogP contribution in [0.1, 0.15) is 31.0 Å². The first-order valence-electron chi connectivity index (χ1n) is 8.09. The highest BCUT2D eigenvalue weighted by atomic mass is 16.2. The van der Waals surface area contributed by atoms with Crippen LogP contribution in [0.3, 0.4) is 0 Å². The van der Waals surface area contributed by atoms with Gasteiger partial charge < -0.3 is 5.32 Å². The number of fused-ring (bicyclic) bond motifs is 1. The number of hydrogen-bond donors (Lipinski definition) is 3. The fourth-order valence-corrected chi connectivity index (χ4v) is 2.65. The van der Waals surface area contributed by atoms with E-state index in [0.717, 1.165) is 22.2 Å². The lowest BCUT2D eigenvalue weighted by Gasteiger charge is -2.21. The van der Waals surface area contributed by atoms with Gasteiger partial charge in [0.2, 0.25) is 5.91 Å².